The number of ether oxygens (including phenoxy) is 1. The molecule has 2 saturated carbocycles. The molecule has 0 spiro atoms. The van der Waals surface area contributed by atoms with Crippen molar-refractivity contribution in [2.24, 2.45) is 23.7 Å². The van der Waals surface area contributed by atoms with Crippen molar-refractivity contribution in [1.82, 2.24) is 0 Å². The second kappa shape index (κ2) is 1.79. The van der Waals surface area contributed by atoms with E-state index in [-0.39, 0.29) is 0 Å². The third-order valence-corrected chi connectivity index (χ3v) is 4.61. The molecule has 2 aliphatic carbocycles. The van der Waals surface area contributed by atoms with E-state index in [2.05, 4.69) is 12.2 Å². The zero-order valence-corrected chi connectivity index (χ0v) is 7.15. The van der Waals surface area contributed by atoms with E-state index in [0.29, 0.717) is 12.2 Å². The first-order valence-corrected chi connectivity index (χ1v) is 5.27. The molecule has 6 unspecified atom stereocenters. The molecular weight excluding hydrogens is 148 g/mol. The topological polar surface area (TPSA) is 9.23 Å². The second-order valence-corrected chi connectivity index (χ2v) is 4.94. The van der Waals surface area contributed by atoms with E-state index in [9.17, 15) is 0 Å². The molecule has 0 aromatic heterocycles. The first kappa shape index (κ1) is 6.20. The zero-order valence-electron chi connectivity index (χ0n) is 7.15. The van der Waals surface area contributed by atoms with Gasteiger partial charge < -0.3 is 4.74 Å². The highest BCUT2D eigenvalue weighted by Crippen LogP contribution is 2.60. The Labute approximate surface area is 72.8 Å². The molecular formula is C11H14O. The summed E-state index contributed by atoms with van der Waals surface area (Å²) >= 11 is 0. The summed E-state index contributed by atoms with van der Waals surface area (Å²) in [6, 6.07) is 0. The van der Waals surface area contributed by atoms with Crippen LogP contribution < -0.4 is 0 Å². The first-order valence-electron chi connectivity index (χ1n) is 5.27. The average molecular weight is 162 g/mol. The normalized spacial score (nSPS) is 64.7. The third-order valence-electron chi connectivity index (χ3n) is 4.61. The Hall–Kier alpha value is -0.300. The highest BCUT2D eigenvalue weighted by molar-refractivity contribution is 5.20. The molecule has 3 fully saturated rings. The van der Waals surface area contributed by atoms with Gasteiger partial charge in [-0.25, -0.2) is 0 Å². The average Bonchev–Trinajstić information content (AvgIpc) is 2.83. The van der Waals surface area contributed by atoms with Crippen LogP contribution in [0.15, 0.2) is 12.2 Å². The van der Waals surface area contributed by atoms with Gasteiger partial charge in [-0.1, -0.05) is 12.2 Å². The molecule has 4 aliphatic rings. The molecule has 6 atom stereocenters. The van der Waals surface area contributed by atoms with E-state index < -0.39 is 0 Å². The molecule has 0 N–H and O–H groups in total. The Balaban J connectivity index is 1.82. The number of rotatable bonds is 0. The minimum atomic E-state index is 0.523. The molecule has 2 heterocycles. The fourth-order valence-electron chi connectivity index (χ4n) is 4.28. The summed E-state index contributed by atoms with van der Waals surface area (Å²) in [5.41, 5.74) is 0. The minimum Gasteiger partial charge on any atom is -0.366 e. The lowest BCUT2D eigenvalue weighted by Gasteiger charge is -2.28. The van der Waals surface area contributed by atoms with E-state index in [1.54, 1.807) is 0 Å². The van der Waals surface area contributed by atoms with Crippen LogP contribution in [0.25, 0.3) is 0 Å². The summed E-state index contributed by atoms with van der Waals surface area (Å²) in [5, 5.41) is 0. The summed E-state index contributed by atoms with van der Waals surface area (Å²) in [7, 11) is 0. The second-order valence-electron chi connectivity index (χ2n) is 4.94. The van der Waals surface area contributed by atoms with Crippen LogP contribution in [0.1, 0.15) is 19.3 Å². The number of hydrogen-bond donors (Lipinski definition) is 0. The predicted molar refractivity (Wildman–Crippen MR) is 45.6 cm³/mol. The van der Waals surface area contributed by atoms with E-state index in [1.165, 1.54) is 19.3 Å². The van der Waals surface area contributed by atoms with Crippen LogP contribution >= 0.6 is 0 Å². The number of fused-ring (bicyclic) bond motifs is 9. The Bertz CT molecular complexity index is 234. The molecule has 4 rings (SSSR count). The van der Waals surface area contributed by atoms with Gasteiger partial charge in [0, 0.05) is 0 Å². The molecule has 1 saturated heterocycles. The Morgan fingerprint density at radius 2 is 1.50 bits per heavy atom. The van der Waals surface area contributed by atoms with Gasteiger partial charge in [-0.2, -0.15) is 0 Å². The van der Waals surface area contributed by atoms with Gasteiger partial charge in [0.15, 0.2) is 0 Å². The standard InChI is InChI=1S/C11H14O/c1-2-7-5-6(1)10-8-3-4-9(12-8)11(7)10/h3-4,6-11H,1-2,5H2. The SMILES string of the molecule is C1=CC2OC1C1C3CCC(C3)C21. The maximum absolute atomic E-state index is 5.91. The predicted octanol–water partition coefficient (Wildman–Crippen LogP) is 1.99. The van der Waals surface area contributed by atoms with E-state index >= 15 is 0 Å². The lowest BCUT2D eigenvalue weighted by Crippen LogP contribution is -2.29. The molecule has 1 heteroatoms. The highest BCUT2D eigenvalue weighted by Gasteiger charge is 2.58. The molecule has 64 valence electrons. The van der Waals surface area contributed by atoms with Gasteiger partial charge >= 0.3 is 0 Å². The molecule has 2 aliphatic heterocycles. The zero-order chi connectivity index (χ0) is 7.71. The van der Waals surface area contributed by atoms with Crippen molar-refractivity contribution in [1.29, 1.82) is 0 Å². The largest absolute Gasteiger partial charge is 0.366 e. The first-order chi connectivity index (χ1) is 5.93. The lowest BCUT2D eigenvalue weighted by atomic mass is 9.73. The smallest absolute Gasteiger partial charge is 0.0799 e. The maximum atomic E-state index is 5.91. The van der Waals surface area contributed by atoms with Crippen molar-refractivity contribution in [2.75, 3.05) is 0 Å². The summed E-state index contributed by atoms with van der Waals surface area (Å²) in [6.07, 6.45) is 10.2. The van der Waals surface area contributed by atoms with Gasteiger partial charge in [0.1, 0.15) is 0 Å². The molecule has 1 nitrogen and oxygen atoms in total. The van der Waals surface area contributed by atoms with E-state index in [1.807, 2.05) is 0 Å². The van der Waals surface area contributed by atoms with Gasteiger partial charge in [-0.15, -0.1) is 0 Å². The summed E-state index contributed by atoms with van der Waals surface area (Å²) in [5.74, 6) is 3.91. The van der Waals surface area contributed by atoms with Gasteiger partial charge in [0.2, 0.25) is 0 Å². The quantitative estimate of drug-likeness (QED) is 0.495. The van der Waals surface area contributed by atoms with Crippen LogP contribution in [0, 0.1) is 23.7 Å². The molecule has 4 bridgehead atoms. The van der Waals surface area contributed by atoms with Crippen molar-refractivity contribution < 1.29 is 4.74 Å². The van der Waals surface area contributed by atoms with Crippen LogP contribution in [0.2, 0.25) is 0 Å². The fraction of sp³-hybridized carbons (Fsp3) is 0.818. The van der Waals surface area contributed by atoms with Gasteiger partial charge in [-0.3, -0.25) is 0 Å². The molecule has 0 aromatic carbocycles. The van der Waals surface area contributed by atoms with Crippen LogP contribution in [0.4, 0.5) is 0 Å². The Morgan fingerprint density at radius 3 is 2.08 bits per heavy atom. The van der Waals surface area contributed by atoms with Gasteiger partial charge in [0.25, 0.3) is 0 Å². The van der Waals surface area contributed by atoms with Crippen LogP contribution in [0.5, 0.6) is 0 Å². The van der Waals surface area contributed by atoms with Crippen molar-refractivity contribution in [2.45, 2.75) is 31.5 Å². The summed E-state index contributed by atoms with van der Waals surface area (Å²) in [6.45, 7) is 0. The minimum absolute atomic E-state index is 0.523. The number of hydrogen-bond acceptors (Lipinski definition) is 1. The third kappa shape index (κ3) is 0.517. The van der Waals surface area contributed by atoms with E-state index in [4.69, 9.17) is 4.74 Å². The van der Waals surface area contributed by atoms with E-state index in [0.717, 1.165) is 23.7 Å². The summed E-state index contributed by atoms with van der Waals surface area (Å²) < 4.78 is 5.91. The molecule has 0 amide bonds. The van der Waals surface area contributed by atoms with Crippen molar-refractivity contribution in [3.8, 4) is 0 Å². The van der Waals surface area contributed by atoms with Gasteiger partial charge in [0.05, 0.1) is 12.2 Å². The van der Waals surface area contributed by atoms with Crippen molar-refractivity contribution in [3.63, 3.8) is 0 Å². The molecule has 0 aromatic rings. The van der Waals surface area contributed by atoms with Crippen molar-refractivity contribution >= 4 is 0 Å². The van der Waals surface area contributed by atoms with Gasteiger partial charge in [-0.05, 0) is 42.9 Å². The van der Waals surface area contributed by atoms with Crippen LogP contribution in [0.3, 0.4) is 0 Å². The fourth-order valence-corrected chi connectivity index (χ4v) is 4.28. The van der Waals surface area contributed by atoms with Crippen molar-refractivity contribution in [3.05, 3.63) is 12.2 Å². The van der Waals surface area contributed by atoms with Crippen LogP contribution in [-0.4, -0.2) is 12.2 Å². The Kier molecular flexibility index (Phi) is 0.926. The van der Waals surface area contributed by atoms with Crippen LogP contribution in [-0.2, 0) is 4.74 Å². The monoisotopic (exact) mass is 162 g/mol. The molecule has 12 heavy (non-hydrogen) atoms. The molecule has 0 radical (unpaired) electrons. The highest BCUT2D eigenvalue weighted by atomic mass is 16.5. The Morgan fingerprint density at radius 1 is 0.917 bits per heavy atom. The maximum Gasteiger partial charge on any atom is 0.0799 e. The summed E-state index contributed by atoms with van der Waals surface area (Å²) in [4.78, 5) is 0. The lowest BCUT2D eigenvalue weighted by molar-refractivity contribution is 0.0886.